The summed E-state index contributed by atoms with van der Waals surface area (Å²) in [6.45, 7) is 2.29. The first kappa shape index (κ1) is 20.4. The molecule has 1 aromatic rings. The number of benzene rings is 1. The van der Waals surface area contributed by atoms with Gasteiger partial charge in [0.1, 0.15) is 4.90 Å². The molecule has 1 aromatic carbocycles. The number of halogens is 2. The van der Waals surface area contributed by atoms with Gasteiger partial charge in [-0.25, -0.2) is 13.1 Å². The normalized spacial score (nSPS) is 22.0. The zero-order chi connectivity index (χ0) is 19.9. The summed E-state index contributed by atoms with van der Waals surface area (Å²) in [5.74, 6) is -0.0397. The molecule has 10 heteroatoms. The summed E-state index contributed by atoms with van der Waals surface area (Å²) in [6.07, 6.45) is 2.94. The van der Waals surface area contributed by atoms with Crippen molar-refractivity contribution in [3.8, 4) is 0 Å². The summed E-state index contributed by atoms with van der Waals surface area (Å²) in [5.41, 5.74) is 0.147. The van der Waals surface area contributed by atoms with E-state index in [1.807, 2.05) is 0 Å². The molecule has 3 aliphatic rings. The molecule has 3 fully saturated rings. The summed E-state index contributed by atoms with van der Waals surface area (Å²) in [4.78, 5) is 14.6. The van der Waals surface area contributed by atoms with Crippen LogP contribution in [-0.2, 0) is 19.5 Å². The number of amides is 1. The van der Waals surface area contributed by atoms with E-state index in [1.54, 1.807) is 4.90 Å². The van der Waals surface area contributed by atoms with Crippen LogP contribution in [0.3, 0.4) is 0 Å². The van der Waals surface area contributed by atoms with E-state index < -0.39 is 10.0 Å². The third kappa shape index (κ3) is 4.32. The molecule has 1 aliphatic carbocycles. The standard InChI is InChI=1S/C18H22Cl2N2O5S/c19-14-10-15(20)16(28(24,25)21-12-1-2-12)9-13(14)17(23)22-5-3-11(4-6-22)18-26-7-8-27-18/h9-12,18,21H,1-8H2. The van der Waals surface area contributed by atoms with Gasteiger partial charge in [0.25, 0.3) is 5.91 Å². The van der Waals surface area contributed by atoms with Gasteiger partial charge in [0, 0.05) is 25.0 Å². The number of nitrogens with zero attached hydrogens (tertiary/aromatic N) is 1. The van der Waals surface area contributed by atoms with E-state index in [0.29, 0.717) is 26.3 Å². The van der Waals surface area contributed by atoms with Gasteiger partial charge >= 0.3 is 0 Å². The summed E-state index contributed by atoms with van der Waals surface area (Å²) >= 11 is 12.3. The number of sulfonamides is 1. The molecular weight excluding hydrogens is 427 g/mol. The highest BCUT2D eigenvalue weighted by molar-refractivity contribution is 7.89. The highest BCUT2D eigenvalue weighted by Gasteiger charge is 2.34. The number of nitrogens with one attached hydrogen (secondary N) is 1. The minimum absolute atomic E-state index is 0.00365. The van der Waals surface area contributed by atoms with Crippen molar-refractivity contribution >= 4 is 39.1 Å². The second kappa shape index (κ2) is 8.08. The molecule has 28 heavy (non-hydrogen) atoms. The van der Waals surface area contributed by atoms with E-state index in [-0.39, 0.29) is 44.7 Å². The van der Waals surface area contributed by atoms with Crippen molar-refractivity contribution in [1.29, 1.82) is 0 Å². The Balaban J connectivity index is 1.50. The molecule has 0 atom stereocenters. The quantitative estimate of drug-likeness (QED) is 0.747. The van der Waals surface area contributed by atoms with Crippen LogP contribution >= 0.6 is 23.2 Å². The van der Waals surface area contributed by atoms with Crippen LogP contribution in [0.1, 0.15) is 36.0 Å². The molecule has 154 valence electrons. The molecule has 0 unspecified atom stereocenters. The lowest BCUT2D eigenvalue weighted by Gasteiger charge is -2.34. The van der Waals surface area contributed by atoms with E-state index in [4.69, 9.17) is 32.7 Å². The summed E-state index contributed by atoms with van der Waals surface area (Å²) in [5, 5.41) is 0.147. The minimum atomic E-state index is -3.80. The lowest BCUT2D eigenvalue weighted by molar-refractivity contribution is -0.0956. The fourth-order valence-corrected chi connectivity index (χ4v) is 5.74. The zero-order valence-corrected chi connectivity index (χ0v) is 17.5. The Morgan fingerprint density at radius 3 is 2.29 bits per heavy atom. The third-order valence-corrected chi connectivity index (χ3v) is 7.60. The van der Waals surface area contributed by atoms with Crippen LogP contribution in [0.2, 0.25) is 10.0 Å². The second-order valence-corrected chi connectivity index (χ2v) is 9.89. The van der Waals surface area contributed by atoms with Gasteiger partial charge in [-0.3, -0.25) is 4.79 Å². The smallest absolute Gasteiger partial charge is 0.255 e. The maximum Gasteiger partial charge on any atom is 0.255 e. The van der Waals surface area contributed by atoms with E-state index in [0.717, 1.165) is 25.7 Å². The van der Waals surface area contributed by atoms with Gasteiger partial charge in [-0.15, -0.1) is 0 Å². The number of hydrogen-bond acceptors (Lipinski definition) is 5. The number of likely N-dealkylation sites (tertiary alicyclic amines) is 1. The van der Waals surface area contributed by atoms with Gasteiger partial charge in [0.05, 0.1) is 28.8 Å². The first-order chi connectivity index (χ1) is 13.3. The highest BCUT2D eigenvalue weighted by atomic mass is 35.5. The van der Waals surface area contributed by atoms with Gasteiger partial charge in [-0.1, -0.05) is 23.2 Å². The van der Waals surface area contributed by atoms with E-state index in [2.05, 4.69) is 4.72 Å². The monoisotopic (exact) mass is 448 g/mol. The third-order valence-electron chi connectivity index (χ3n) is 5.30. The molecule has 2 saturated heterocycles. The SMILES string of the molecule is O=C(c1cc(S(=O)(=O)NC2CC2)c(Cl)cc1Cl)N1CCC(C2OCCO2)CC1. The molecule has 1 N–H and O–H groups in total. The molecule has 0 bridgehead atoms. The van der Waals surface area contributed by atoms with Gasteiger partial charge < -0.3 is 14.4 Å². The predicted molar refractivity (Wildman–Crippen MR) is 104 cm³/mol. The molecule has 7 nitrogen and oxygen atoms in total. The van der Waals surface area contributed by atoms with Gasteiger partial charge in [-0.05, 0) is 37.8 Å². The topological polar surface area (TPSA) is 84.9 Å². The van der Waals surface area contributed by atoms with Crippen molar-refractivity contribution in [3.05, 3.63) is 27.7 Å². The Hall–Kier alpha value is -0.900. The van der Waals surface area contributed by atoms with Crippen LogP contribution in [0.25, 0.3) is 0 Å². The molecule has 2 aliphatic heterocycles. The molecule has 0 radical (unpaired) electrons. The van der Waals surface area contributed by atoms with Crippen molar-refractivity contribution in [1.82, 2.24) is 9.62 Å². The van der Waals surface area contributed by atoms with Crippen molar-refractivity contribution < 1.29 is 22.7 Å². The predicted octanol–water partition coefficient (Wildman–Crippen LogP) is 2.66. The number of piperidine rings is 1. The van der Waals surface area contributed by atoms with Crippen molar-refractivity contribution in [2.75, 3.05) is 26.3 Å². The van der Waals surface area contributed by atoms with E-state index in [9.17, 15) is 13.2 Å². The zero-order valence-electron chi connectivity index (χ0n) is 15.2. The Morgan fingerprint density at radius 2 is 1.68 bits per heavy atom. The summed E-state index contributed by atoms with van der Waals surface area (Å²) < 4.78 is 38.8. The van der Waals surface area contributed by atoms with Crippen LogP contribution < -0.4 is 4.72 Å². The number of hydrogen-bond donors (Lipinski definition) is 1. The Labute approximate surface area is 174 Å². The number of carbonyl (C=O) groups excluding carboxylic acids is 1. The lowest BCUT2D eigenvalue weighted by atomic mass is 9.95. The van der Waals surface area contributed by atoms with E-state index in [1.165, 1.54) is 12.1 Å². The first-order valence-corrected chi connectivity index (χ1v) is 11.6. The van der Waals surface area contributed by atoms with Gasteiger partial charge in [0.2, 0.25) is 10.0 Å². The molecule has 0 spiro atoms. The number of carbonyl (C=O) groups is 1. The van der Waals surface area contributed by atoms with Crippen LogP contribution in [0, 0.1) is 5.92 Å². The second-order valence-electron chi connectivity index (χ2n) is 7.40. The summed E-state index contributed by atoms with van der Waals surface area (Å²) in [7, 11) is -3.80. The number of ether oxygens (including phenoxy) is 2. The van der Waals surface area contributed by atoms with Gasteiger partial charge in [-0.2, -0.15) is 0 Å². The first-order valence-electron chi connectivity index (χ1n) is 9.39. The maximum atomic E-state index is 13.0. The fraction of sp³-hybridized carbons (Fsp3) is 0.611. The molecule has 1 saturated carbocycles. The largest absolute Gasteiger partial charge is 0.350 e. The Morgan fingerprint density at radius 1 is 1.04 bits per heavy atom. The molecular formula is C18H22Cl2N2O5S. The van der Waals surface area contributed by atoms with Crippen LogP contribution in [-0.4, -0.2) is 57.9 Å². The van der Waals surface area contributed by atoms with E-state index >= 15 is 0 Å². The van der Waals surface area contributed by atoms with Gasteiger partial charge in [0.15, 0.2) is 6.29 Å². The maximum absolute atomic E-state index is 13.0. The molecule has 2 heterocycles. The Bertz CT molecular complexity index is 861. The highest BCUT2D eigenvalue weighted by Crippen LogP contribution is 2.32. The van der Waals surface area contributed by atoms with Crippen molar-refractivity contribution in [2.24, 2.45) is 5.92 Å². The number of rotatable bonds is 5. The Kier molecular flexibility index (Phi) is 5.88. The van der Waals surface area contributed by atoms with Crippen molar-refractivity contribution in [3.63, 3.8) is 0 Å². The van der Waals surface area contributed by atoms with Crippen LogP contribution in [0.4, 0.5) is 0 Å². The minimum Gasteiger partial charge on any atom is -0.350 e. The average molecular weight is 449 g/mol. The molecule has 4 rings (SSSR count). The molecule has 1 amide bonds. The van der Waals surface area contributed by atoms with Crippen LogP contribution in [0.15, 0.2) is 17.0 Å². The summed E-state index contributed by atoms with van der Waals surface area (Å²) in [6, 6.07) is 2.55. The van der Waals surface area contributed by atoms with Crippen LogP contribution in [0.5, 0.6) is 0 Å². The fourth-order valence-electron chi connectivity index (χ4n) is 3.58. The lowest BCUT2D eigenvalue weighted by Crippen LogP contribution is -2.41. The van der Waals surface area contributed by atoms with Crippen molar-refractivity contribution in [2.45, 2.75) is 42.9 Å². The molecule has 0 aromatic heterocycles. The average Bonchev–Trinajstić information content (AvgIpc) is 3.29.